The molecule has 1 aliphatic carbocycles. The molecule has 0 aromatic heterocycles. The molecule has 0 saturated heterocycles. The van der Waals surface area contributed by atoms with E-state index in [9.17, 15) is 9.90 Å². The predicted molar refractivity (Wildman–Crippen MR) is 134 cm³/mol. The Balaban J connectivity index is 1.63. The number of hydrogen-bond acceptors (Lipinski definition) is 5. The zero-order valence-corrected chi connectivity index (χ0v) is 20.2. The number of methoxy groups -OCH3 is 1. The first kappa shape index (κ1) is 21.9. The van der Waals surface area contributed by atoms with Gasteiger partial charge in [-0.15, -0.1) is 0 Å². The lowest BCUT2D eigenvalue weighted by molar-refractivity contribution is -0.116. The van der Waals surface area contributed by atoms with Gasteiger partial charge in [0.25, 0.3) is 0 Å². The molecule has 0 radical (unpaired) electrons. The van der Waals surface area contributed by atoms with Gasteiger partial charge in [-0.3, -0.25) is 4.79 Å². The number of ether oxygens (including phenoxy) is 1. The number of allylic oxidation sites excluding steroid dienone is 1. The molecule has 0 saturated carbocycles. The Labute approximate surface area is 205 Å². The van der Waals surface area contributed by atoms with Crippen molar-refractivity contribution in [3.8, 4) is 11.5 Å². The van der Waals surface area contributed by atoms with E-state index in [0.29, 0.717) is 33.7 Å². The van der Waals surface area contributed by atoms with Crippen LogP contribution in [-0.2, 0) is 4.79 Å². The van der Waals surface area contributed by atoms with Crippen molar-refractivity contribution in [3.63, 3.8) is 0 Å². The van der Waals surface area contributed by atoms with Gasteiger partial charge in [0.2, 0.25) is 0 Å². The van der Waals surface area contributed by atoms with Crippen LogP contribution in [0.2, 0.25) is 5.02 Å². The number of ketones is 1. The fourth-order valence-corrected chi connectivity index (χ4v) is 5.21. The molecule has 0 spiro atoms. The number of hydrogen-bond donors (Lipinski definition) is 3. The van der Waals surface area contributed by atoms with E-state index in [0.717, 1.165) is 28.2 Å². The van der Waals surface area contributed by atoms with Crippen LogP contribution in [0.5, 0.6) is 11.5 Å². The summed E-state index contributed by atoms with van der Waals surface area (Å²) in [4.78, 5) is 13.6. The lowest BCUT2D eigenvalue weighted by atomic mass is 9.78. The lowest BCUT2D eigenvalue weighted by Crippen LogP contribution is -2.27. The standard InChI is InChI=1S/C26H22BrClN2O3/c1-33-23-13-16(10-18(27)26(23)32)25-24-21(29-19-4-2-3-5-20(19)30-25)11-15(12-22(24)31)14-6-8-17(28)9-7-14/h2-10,13,15,25,29-30,32H,11-12H2,1H3. The molecule has 2 atom stereocenters. The molecule has 5 nitrogen and oxygen atoms in total. The highest BCUT2D eigenvalue weighted by Gasteiger charge is 2.36. The number of benzene rings is 3. The van der Waals surface area contributed by atoms with Crippen molar-refractivity contribution in [2.24, 2.45) is 0 Å². The van der Waals surface area contributed by atoms with Crippen molar-refractivity contribution in [1.29, 1.82) is 0 Å². The molecule has 3 N–H and O–H groups in total. The van der Waals surface area contributed by atoms with Crippen LogP contribution < -0.4 is 15.4 Å². The first-order valence-electron chi connectivity index (χ1n) is 10.6. The second kappa shape index (κ2) is 8.76. The minimum absolute atomic E-state index is 0.0281. The monoisotopic (exact) mass is 524 g/mol. The summed E-state index contributed by atoms with van der Waals surface area (Å²) < 4.78 is 5.88. The minimum Gasteiger partial charge on any atom is -0.503 e. The summed E-state index contributed by atoms with van der Waals surface area (Å²) in [6.07, 6.45) is 1.11. The molecule has 3 aromatic carbocycles. The van der Waals surface area contributed by atoms with Crippen LogP contribution in [0.1, 0.15) is 35.9 Å². The van der Waals surface area contributed by atoms with Crippen LogP contribution >= 0.6 is 27.5 Å². The smallest absolute Gasteiger partial charge is 0.172 e. The number of halogens is 2. The molecule has 2 aliphatic rings. The Bertz CT molecular complexity index is 1270. The summed E-state index contributed by atoms with van der Waals surface area (Å²) in [5.74, 6) is 0.515. The minimum atomic E-state index is -0.402. The van der Waals surface area contributed by atoms with Gasteiger partial charge < -0.3 is 20.5 Å². The van der Waals surface area contributed by atoms with E-state index in [-0.39, 0.29) is 17.5 Å². The van der Waals surface area contributed by atoms with Crippen LogP contribution in [0.25, 0.3) is 0 Å². The van der Waals surface area contributed by atoms with E-state index in [1.165, 1.54) is 7.11 Å². The molecule has 1 aliphatic heterocycles. The number of carbonyl (C=O) groups excluding carboxylic acids is 1. The number of anilines is 2. The average molecular weight is 526 g/mol. The Morgan fingerprint density at radius 1 is 1.03 bits per heavy atom. The number of para-hydroxylation sites is 2. The van der Waals surface area contributed by atoms with E-state index in [4.69, 9.17) is 16.3 Å². The lowest BCUT2D eigenvalue weighted by Gasteiger charge is -2.30. The van der Waals surface area contributed by atoms with Crippen LogP contribution in [0.15, 0.2) is 76.4 Å². The Kier molecular flexibility index (Phi) is 5.81. The Morgan fingerprint density at radius 2 is 1.76 bits per heavy atom. The van der Waals surface area contributed by atoms with Crippen LogP contribution in [0, 0.1) is 0 Å². The second-order valence-corrected chi connectivity index (χ2v) is 9.56. The highest BCUT2D eigenvalue weighted by atomic mass is 79.9. The highest BCUT2D eigenvalue weighted by Crippen LogP contribution is 2.46. The molecular weight excluding hydrogens is 504 g/mol. The second-order valence-electron chi connectivity index (χ2n) is 8.27. The van der Waals surface area contributed by atoms with Crippen LogP contribution in [0.3, 0.4) is 0 Å². The number of aromatic hydroxyl groups is 1. The zero-order valence-electron chi connectivity index (χ0n) is 17.9. The average Bonchev–Trinajstić information content (AvgIpc) is 2.98. The molecule has 168 valence electrons. The Morgan fingerprint density at radius 3 is 2.48 bits per heavy atom. The molecule has 33 heavy (non-hydrogen) atoms. The maximum absolute atomic E-state index is 13.6. The van der Waals surface area contributed by atoms with Gasteiger partial charge in [-0.1, -0.05) is 35.9 Å². The van der Waals surface area contributed by atoms with Gasteiger partial charge in [0.1, 0.15) is 0 Å². The normalized spacial score (nSPS) is 19.7. The first-order chi connectivity index (χ1) is 15.9. The molecule has 0 bridgehead atoms. The third-order valence-corrected chi connectivity index (χ3v) is 7.11. The number of rotatable bonds is 3. The van der Waals surface area contributed by atoms with Crippen molar-refractivity contribution >= 4 is 44.7 Å². The summed E-state index contributed by atoms with van der Waals surface area (Å²) >= 11 is 9.49. The zero-order chi connectivity index (χ0) is 23.1. The van der Waals surface area contributed by atoms with E-state index in [1.807, 2.05) is 54.6 Å². The molecule has 2 unspecified atom stereocenters. The molecule has 3 aromatic rings. The quantitative estimate of drug-likeness (QED) is 0.351. The Hall–Kier alpha value is -2.96. The van der Waals surface area contributed by atoms with E-state index in [1.54, 1.807) is 6.07 Å². The van der Waals surface area contributed by atoms with Gasteiger partial charge >= 0.3 is 0 Å². The predicted octanol–water partition coefficient (Wildman–Crippen LogP) is 6.80. The highest BCUT2D eigenvalue weighted by molar-refractivity contribution is 9.10. The maximum atomic E-state index is 13.6. The van der Waals surface area contributed by atoms with Gasteiger partial charge in [-0.25, -0.2) is 0 Å². The summed E-state index contributed by atoms with van der Waals surface area (Å²) in [6, 6.07) is 18.8. The number of fused-ring (bicyclic) bond motifs is 1. The van der Waals surface area contributed by atoms with Crippen molar-refractivity contribution in [2.75, 3.05) is 17.7 Å². The van der Waals surface area contributed by atoms with E-state index < -0.39 is 6.04 Å². The van der Waals surface area contributed by atoms with Crippen LogP contribution in [-0.4, -0.2) is 18.0 Å². The third-order valence-electron chi connectivity index (χ3n) is 6.25. The van der Waals surface area contributed by atoms with Crippen LogP contribution in [0.4, 0.5) is 11.4 Å². The molecule has 1 heterocycles. The molecular formula is C26H22BrClN2O3. The summed E-state index contributed by atoms with van der Waals surface area (Å²) in [5, 5.41) is 18.1. The maximum Gasteiger partial charge on any atom is 0.172 e. The van der Waals surface area contributed by atoms with Crippen molar-refractivity contribution < 1.29 is 14.6 Å². The van der Waals surface area contributed by atoms with Gasteiger partial charge in [0, 0.05) is 22.7 Å². The van der Waals surface area contributed by atoms with Gasteiger partial charge in [-0.05, 0) is 75.8 Å². The van der Waals surface area contributed by atoms with Gasteiger partial charge in [0.05, 0.1) is 29.0 Å². The number of phenols is 1. The number of Topliss-reactive ketones (excluding diaryl/α,β-unsaturated/α-hetero) is 1. The van der Waals surface area contributed by atoms with E-state index >= 15 is 0 Å². The third kappa shape index (κ3) is 4.09. The topological polar surface area (TPSA) is 70.6 Å². The fraction of sp³-hybridized carbons (Fsp3) is 0.192. The molecule has 7 heteroatoms. The largest absolute Gasteiger partial charge is 0.503 e. The fourth-order valence-electron chi connectivity index (χ4n) is 4.63. The molecule has 0 amide bonds. The van der Waals surface area contributed by atoms with Gasteiger partial charge in [-0.2, -0.15) is 0 Å². The summed E-state index contributed by atoms with van der Waals surface area (Å²) in [7, 11) is 1.51. The number of carbonyl (C=O) groups is 1. The first-order valence-corrected chi connectivity index (χ1v) is 11.8. The SMILES string of the molecule is COc1cc(C2Nc3ccccc3NC3=C2C(=O)CC(c2ccc(Cl)cc2)C3)cc(Br)c1O. The molecule has 0 fully saturated rings. The van der Waals surface area contributed by atoms with Crippen molar-refractivity contribution in [3.05, 3.63) is 92.6 Å². The van der Waals surface area contributed by atoms with Crippen molar-refractivity contribution in [2.45, 2.75) is 24.8 Å². The van der Waals surface area contributed by atoms with Gasteiger partial charge in [0.15, 0.2) is 17.3 Å². The van der Waals surface area contributed by atoms with Crippen molar-refractivity contribution in [1.82, 2.24) is 0 Å². The van der Waals surface area contributed by atoms with E-state index in [2.05, 4.69) is 26.6 Å². The molecule has 5 rings (SSSR count). The summed E-state index contributed by atoms with van der Waals surface area (Å²) in [5.41, 5.74) is 5.34. The summed E-state index contributed by atoms with van der Waals surface area (Å²) in [6.45, 7) is 0. The number of nitrogens with one attached hydrogen (secondary N) is 2. The number of phenolic OH excluding ortho intramolecular Hbond substituents is 1.